The van der Waals surface area contributed by atoms with E-state index in [0.29, 0.717) is 22.8 Å². The van der Waals surface area contributed by atoms with Crippen molar-refractivity contribution in [3.63, 3.8) is 0 Å². The number of benzene rings is 2. The third-order valence-electron chi connectivity index (χ3n) is 4.20. The zero-order chi connectivity index (χ0) is 18.7. The van der Waals surface area contributed by atoms with E-state index in [2.05, 4.69) is 5.32 Å². The molecule has 0 aliphatic heterocycles. The van der Waals surface area contributed by atoms with Gasteiger partial charge in [0.05, 0.1) is 27.4 Å². The van der Waals surface area contributed by atoms with E-state index in [0.717, 1.165) is 10.9 Å². The molecule has 0 fully saturated rings. The number of ether oxygens (including phenoxy) is 3. The molecular weight excluding hydrogens is 334 g/mol. The molecule has 3 aromatic rings. The Kier molecular flexibility index (Phi) is 5.02. The number of rotatable bonds is 6. The van der Waals surface area contributed by atoms with Crippen molar-refractivity contribution < 1.29 is 23.4 Å². The summed E-state index contributed by atoms with van der Waals surface area (Å²) in [5, 5.41) is 3.73. The Morgan fingerprint density at radius 1 is 1.00 bits per heavy atom. The van der Waals surface area contributed by atoms with Crippen LogP contribution in [0, 0.1) is 0 Å². The van der Waals surface area contributed by atoms with Gasteiger partial charge in [-0.25, -0.2) is 0 Å². The van der Waals surface area contributed by atoms with Gasteiger partial charge in [-0.2, -0.15) is 0 Å². The molecule has 1 aromatic heterocycles. The third kappa shape index (κ3) is 3.31. The summed E-state index contributed by atoms with van der Waals surface area (Å²) in [4.78, 5) is 12.6. The Morgan fingerprint density at radius 3 is 2.46 bits per heavy atom. The van der Waals surface area contributed by atoms with E-state index in [1.54, 1.807) is 33.5 Å². The average Bonchev–Trinajstić information content (AvgIpc) is 3.11. The number of amides is 1. The Labute approximate surface area is 151 Å². The molecule has 6 heteroatoms. The largest absolute Gasteiger partial charge is 0.497 e. The highest BCUT2D eigenvalue weighted by atomic mass is 16.5. The topological polar surface area (TPSA) is 69.9 Å². The van der Waals surface area contributed by atoms with Crippen LogP contribution in [-0.2, 0) is 0 Å². The lowest BCUT2D eigenvalue weighted by atomic mass is 10.1. The molecule has 1 N–H and O–H groups in total. The quantitative estimate of drug-likeness (QED) is 0.725. The van der Waals surface area contributed by atoms with Crippen LogP contribution in [0.15, 0.2) is 46.9 Å². The second kappa shape index (κ2) is 7.39. The minimum absolute atomic E-state index is 0.221. The lowest BCUT2D eigenvalue weighted by Crippen LogP contribution is -2.26. The summed E-state index contributed by atoms with van der Waals surface area (Å²) < 4.78 is 21.6. The fourth-order valence-electron chi connectivity index (χ4n) is 2.83. The van der Waals surface area contributed by atoms with Crippen LogP contribution in [0.2, 0.25) is 0 Å². The van der Waals surface area contributed by atoms with E-state index in [4.69, 9.17) is 18.6 Å². The molecule has 0 spiro atoms. The molecule has 3 rings (SSSR count). The molecule has 0 saturated heterocycles. The minimum atomic E-state index is -0.319. The molecule has 6 nitrogen and oxygen atoms in total. The molecule has 0 bridgehead atoms. The summed E-state index contributed by atoms with van der Waals surface area (Å²) in [5.41, 5.74) is 1.36. The lowest BCUT2D eigenvalue weighted by Gasteiger charge is -2.17. The van der Waals surface area contributed by atoms with Crippen molar-refractivity contribution in [1.82, 2.24) is 5.32 Å². The number of methoxy groups -OCH3 is 3. The Hall–Kier alpha value is -3.15. The fourth-order valence-corrected chi connectivity index (χ4v) is 2.83. The van der Waals surface area contributed by atoms with Gasteiger partial charge in [0.2, 0.25) is 0 Å². The third-order valence-corrected chi connectivity index (χ3v) is 4.20. The van der Waals surface area contributed by atoms with Crippen LogP contribution in [-0.4, -0.2) is 27.2 Å². The second-order valence-electron chi connectivity index (χ2n) is 5.79. The number of nitrogens with one attached hydrogen (secondary N) is 1. The molecule has 0 saturated carbocycles. The molecule has 26 heavy (non-hydrogen) atoms. The molecule has 0 unspecified atom stereocenters. The lowest BCUT2D eigenvalue weighted by molar-refractivity contribution is 0.0913. The van der Waals surface area contributed by atoms with Gasteiger partial charge >= 0.3 is 0 Å². The van der Waals surface area contributed by atoms with E-state index >= 15 is 0 Å². The van der Waals surface area contributed by atoms with Gasteiger partial charge in [0.25, 0.3) is 5.91 Å². The summed E-state index contributed by atoms with van der Waals surface area (Å²) in [6.07, 6.45) is 0. The van der Waals surface area contributed by atoms with Crippen LogP contribution in [0.5, 0.6) is 17.2 Å². The van der Waals surface area contributed by atoms with E-state index in [9.17, 15) is 4.79 Å². The van der Waals surface area contributed by atoms with E-state index in [1.807, 2.05) is 37.3 Å². The van der Waals surface area contributed by atoms with Crippen molar-refractivity contribution in [3.8, 4) is 17.2 Å². The molecule has 1 atom stereocenters. The summed E-state index contributed by atoms with van der Waals surface area (Å²) in [6, 6.07) is 12.4. The number of furan rings is 1. The average molecular weight is 355 g/mol. The normalized spacial score (nSPS) is 11.8. The van der Waals surface area contributed by atoms with Gasteiger partial charge in [-0.3, -0.25) is 4.79 Å². The SMILES string of the molecule is COc1ccc(OC)c([C@H](C)NC(=O)c2cc3cccc(OC)c3o2)c1. The summed E-state index contributed by atoms with van der Waals surface area (Å²) >= 11 is 0. The minimum Gasteiger partial charge on any atom is -0.497 e. The van der Waals surface area contributed by atoms with Crippen molar-refractivity contribution in [2.24, 2.45) is 0 Å². The van der Waals surface area contributed by atoms with Gasteiger partial charge < -0.3 is 23.9 Å². The highest BCUT2D eigenvalue weighted by Gasteiger charge is 2.19. The van der Waals surface area contributed by atoms with Gasteiger partial charge in [-0.1, -0.05) is 12.1 Å². The maximum absolute atomic E-state index is 12.6. The van der Waals surface area contributed by atoms with Crippen molar-refractivity contribution in [2.75, 3.05) is 21.3 Å². The van der Waals surface area contributed by atoms with Crippen molar-refractivity contribution >= 4 is 16.9 Å². The maximum atomic E-state index is 12.6. The van der Waals surface area contributed by atoms with Crippen LogP contribution in [0.3, 0.4) is 0 Å². The summed E-state index contributed by atoms with van der Waals surface area (Å²) in [6.45, 7) is 1.87. The smallest absolute Gasteiger partial charge is 0.287 e. The summed E-state index contributed by atoms with van der Waals surface area (Å²) in [5.74, 6) is 1.85. The first-order valence-electron chi connectivity index (χ1n) is 8.16. The fraction of sp³-hybridized carbons (Fsp3) is 0.250. The highest BCUT2D eigenvalue weighted by molar-refractivity contribution is 5.97. The molecular formula is C20H21NO5. The van der Waals surface area contributed by atoms with Gasteiger partial charge in [-0.15, -0.1) is 0 Å². The number of para-hydroxylation sites is 1. The van der Waals surface area contributed by atoms with E-state index in [1.165, 1.54) is 0 Å². The molecule has 136 valence electrons. The molecule has 1 heterocycles. The van der Waals surface area contributed by atoms with Crippen molar-refractivity contribution in [2.45, 2.75) is 13.0 Å². The molecule has 2 aromatic carbocycles. The van der Waals surface area contributed by atoms with Crippen LogP contribution >= 0.6 is 0 Å². The first-order valence-corrected chi connectivity index (χ1v) is 8.16. The van der Waals surface area contributed by atoms with Crippen LogP contribution in [0.1, 0.15) is 29.1 Å². The predicted molar refractivity (Wildman–Crippen MR) is 98.2 cm³/mol. The molecule has 0 aliphatic rings. The van der Waals surface area contributed by atoms with Gasteiger partial charge in [0.15, 0.2) is 17.1 Å². The molecule has 0 radical (unpaired) electrons. The van der Waals surface area contributed by atoms with Gasteiger partial charge in [0.1, 0.15) is 11.5 Å². The Morgan fingerprint density at radius 2 is 1.77 bits per heavy atom. The van der Waals surface area contributed by atoms with Crippen LogP contribution < -0.4 is 19.5 Å². The predicted octanol–water partition coefficient (Wildman–Crippen LogP) is 3.95. The second-order valence-corrected chi connectivity index (χ2v) is 5.79. The standard InChI is InChI=1S/C20H21NO5/c1-12(15-11-14(23-2)8-9-16(15)24-3)21-20(22)18-10-13-6-5-7-17(25-4)19(13)26-18/h5-12H,1-4H3,(H,21,22)/t12-/m0/s1. The summed E-state index contributed by atoms with van der Waals surface area (Å²) in [7, 11) is 4.75. The number of hydrogen-bond donors (Lipinski definition) is 1. The van der Waals surface area contributed by atoms with Crippen LogP contribution in [0.4, 0.5) is 0 Å². The Balaban J connectivity index is 1.86. The Bertz CT molecular complexity index is 931. The first kappa shape index (κ1) is 17.7. The number of hydrogen-bond acceptors (Lipinski definition) is 5. The zero-order valence-electron chi connectivity index (χ0n) is 15.2. The van der Waals surface area contributed by atoms with Crippen molar-refractivity contribution in [3.05, 3.63) is 53.8 Å². The number of fused-ring (bicyclic) bond motifs is 1. The zero-order valence-corrected chi connectivity index (χ0v) is 15.2. The van der Waals surface area contributed by atoms with Crippen LogP contribution in [0.25, 0.3) is 11.0 Å². The molecule has 1 amide bonds. The number of carbonyl (C=O) groups excluding carboxylic acids is 1. The first-order chi connectivity index (χ1) is 12.6. The van der Waals surface area contributed by atoms with Gasteiger partial charge in [0, 0.05) is 10.9 Å². The maximum Gasteiger partial charge on any atom is 0.287 e. The van der Waals surface area contributed by atoms with E-state index < -0.39 is 0 Å². The highest BCUT2D eigenvalue weighted by Crippen LogP contribution is 2.31. The monoisotopic (exact) mass is 355 g/mol. The van der Waals surface area contributed by atoms with Gasteiger partial charge in [-0.05, 0) is 37.3 Å². The van der Waals surface area contributed by atoms with E-state index in [-0.39, 0.29) is 17.7 Å². The van der Waals surface area contributed by atoms with Crippen molar-refractivity contribution in [1.29, 1.82) is 0 Å². The number of carbonyl (C=O) groups is 1. The molecule has 0 aliphatic carbocycles.